The number of piperidine rings is 1. The van der Waals surface area contributed by atoms with E-state index in [1.54, 1.807) is 12.1 Å². The largest absolute Gasteiger partial charge is 0.403 e. The third-order valence-corrected chi connectivity index (χ3v) is 8.57. The van der Waals surface area contributed by atoms with Crippen molar-refractivity contribution >= 4 is 31.8 Å². The van der Waals surface area contributed by atoms with Gasteiger partial charge in [0.05, 0.1) is 15.4 Å². The number of carbonyl (C=O) groups is 1. The molecule has 1 aromatic heterocycles. The van der Waals surface area contributed by atoms with Gasteiger partial charge in [-0.25, -0.2) is 16.8 Å². The topological polar surface area (TPSA) is 140 Å². The van der Waals surface area contributed by atoms with Crippen LogP contribution in [0.25, 0.3) is 11.5 Å². The highest BCUT2D eigenvalue weighted by atomic mass is 32.2. The molecular formula is C22H24N4O6S2. The molecule has 1 aliphatic rings. The highest BCUT2D eigenvalue weighted by Crippen LogP contribution is 2.27. The van der Waals surface area contributed by atoms with Gasteiger partial charge in [0.1, 0.15) is 0 Å². The van der Waals surface area contributed by atoms with E-state index in [1.807, 2.05) is 6.92 Å². The smallest absolute Gasteiger partial charge is 0.322 e. The summed E-state index contributed by atoms with van der Waals surface area (Å²) in [6.45, 7) is 2.99. The van der Waals surface area contributed by atoms with Crippen LogP contribution < -0.4 is 5.32 Å². The van der Waals surface area contributed by atoms with Crippen LogP contribution in [-0.4, -0.2) is 56.6 Å². The zero-order valence-electron chi connectivity index (χ0n) is 18.6. The number of anilines is 1. The summed E-state index contributed by atoms with van der Waals surface area (Å²) >= 11 is 0. The lowest BCUT2D eigenvalue weighted by Gasteiger charge is -2.30. The number of amides is 1. The fourth-order valence-electron chi connectivity index (χ4n) is 3.81. The Kier molecular flexibility index (Phi) is 6.56. The van der Waals surface area contributed by atoms with Gasteiger partial charge in [0.25, 0.3) is 11.8 Å². The van der Waals surface area contributed by atoms with Crippen molar-refractivity contribution in [2.24, 2.45) is 5.92 Å². The molecule has 34 heavy (non-hydrogen) atoms. The number of rotatable bonds is 6. The number of hydrogen-bond donors (Lipinski definition) is 1. The first kappa shape index (κ1) is 24.0. The Balaban J connectivity index is 1.49. The van der Waals surface area contributed by atoms with Gasteiger partial charge in [-0.2, -0.15) is 4.31 Å². The molecule has 2 heterocycles. The van der Waals surface area contributed by atoms with Crippen LogP contribution in [0, 0.1) is 5.92 Å². The average molecular weight is 505 g/mol. The van der Waals surface area contributed by atoms with Gasteiger partial charge in [-0.1, -0.05) is 24.2 Å². The quantitative estimate of drug-likeness (QED) is 0.540. The maximum absolute atomic E-state index is 12.9. The Bertz CT molecular complexity index is 1420. The summed E-state index contributed by atoms with van der Waals surface area (Å²) in [5.74, 6) is -0.340. The Labute approximate surface area is 198 Å². The molecule has 1 atom stereocenters. The molecule has 1 fully saturated rings. The summed E-state index contributed by atoms with van der Waals surface area (Å²) in [5, 5.41) is 10.0. The fourth-order valence-corrected chi connectivity index (χ4v) is 6.29. The maximum atomic E-state index is 12.9. The van der Waals surface area contributed by atoms with Gasteiger partial charge in [-0.3, -0.25) is 10.1 Å². The molecule has 0 spiro atoms. The number of nitrogens with one attached hydrogen (secondary N) is 1. The second-order valence-corrected chi connectivity index (χ2v) is 12.2. The zero-order valence-corrected chi connectivity index (χ0v) is 20.3. The molecule has 1 unspecified atom stereocenters. The van der Waals surface area contributed by atoms with Crippen LogP contribution in [0.5, 0.6) is 0 Å². The molecule has 0 aliphatic carbocycles. The van der Waals surface area contributed by atoms with Gasteiger partial charge in [0, 0.05) is 24.9 Å². The van der Waals surface area contributed by atoms with Gasteiger partial charge < -0.3 is 4.42 Å². The summed E-state index contributed by atoms with van der Waals surface area (Å²) < 4.78 is 56.7. The molecule has 3 aromatic rings. The summed E-state index contributed by atoms with van der Waals surface area (Å²) in [5.41, 5.74) is 0.418. The molecule has 180 valence electrons. The van der Waals surface area contributed by atoms with Crippen LogP contribution in [0.1, 0.15) is 30.1 Å². The van der Waals surface area contributed by atoms with Crippen LogP contribution in [0.4, 0.5) is 6.01 Å². The maximum Gasteiger partial charge on any atom is 0.322 e. The van der Waals surface area contributed by atoms with Gasteiger partial charge >= 0.3 is 6.01 Å². The SMILES string of the molecule is CC1CCCN(S(=O)(=O)c2ccc(C(=O)Nc3nnc(-c4ccccc4S(C)(=O)=O)o3)cc2)C1. The summed E-state index contributed by atoms with van der Waals surface area (Å²) in [7, 11) is -7.16. The number of sulfone groups is 1. The number of carbonyl (C=O) groups excluding carboxylic acids is 1. The van der Waals surface area contributed by atoms with Crippen molar-refractivity contribution in [3.8, 4) is 11.5 Å². The lowest BCUT2D eigenvalue weighted by molar-refractivity contribution is 0.102. The minimum absolute atomic E-state index is 0.0245. The van der Waals surface area contributed by atoms with Crippen LogP contribution >= 0.6 is 0 Å². The number of aromatic nitrogens is 2. The van der Waals surface area contributed by atoms with Crippen molar-refractivity contribution in [2.45, 2.75) is 29.6 Å². The third kappa shape index (κ3) is 5.03. The molecular weight excluding hydrogens is 480 g/mol. The molecule has 4 rings (SSSR count). The van der Waals surface area contributed by atoms with Gasteiger partial charge in [-0.05, 0) is 55.2 Å². The minimum Gasteiger partial charge on any atom is -0.403 e. The lowest BCUT2D eigenvalue weighted by Crippen LogP contribution is -2.39. The lowest BCUT2D eigenvalue weighted by atomic mass is 10.0. The highest BCUT2D eigenvalue weighted by Gasteiger charge is 2.28. The van der Waals surface area contributed by atoms with E-state index in [0.717, 1.165) is 19.1 Å². The summed E-state index contributed by atoms with van der Waals surface area (Å²) in [6.07, 6.45) is 2.89. The predicted octanol–water partition coefficient (Wildman–Crippen LogP) is 2.81. The zero-order chi connectivity index (χ0) is 24.5. The summed E-state index contributed by atoms with van der Waals surface area (Å²) in [4.78, 5) is 12.7. The molecule has 10 nitrogen and oxygen atoms in total. The van der Waals surface area contributed by atoms with Gasteiger partial charge in [-0.15, -0.1) is 5.10 Å². The molecule has 2 aromatic carbocycles. The first-order chi connectivity index (χ1) is 16.1. The Morgan fingerprint density at radius 1 is 1.06 bits per heavy atom. The molecule has 0 saturated carbocycles. The number of sulfonamides is 1. The van der Waals surface area contributed by atoms with E-state index < -0.39 is 25.8 Å². The van der Waals surface area contributed by atoms with E-state index in [2.05, 4.69) is 15.5 Å². The standard InChI is InChI=1S/C22H24N4O6S2/c1-15-6-5-13-26(14-15)34(30,31)17-11-9-16(10-12-17)20(27)23-22-25-24-21(32-22)18-7-3-4-8-19(18)33(2,28)29/h3-4,7-12,15H,5-6,13-14H2,1-2H3,(H,23,25,27). The van der Waals surface area contributed by atoms with Crippen molar-refractivity contribution in [3.63, 3.8) is 0 Å². The average Bonchev–Trinajstić information content (AvgIpc) is 3.27. The van der Waals surface area contributed by atoms with Crippen LogP contribution in [-0.2, 0) is 19.9 Å². The Morgan fingerprint density at radius 3 is 2.44 bits per heavy atom. The fraction of sp³-hybridized carbons (Fsp3) is 0.318. The van der Waals surface area contributed by atoms with E-state index in [9.17, 15) is 21.6 Å². The molecule has 1 saturated heterocycles. The van der Waals surface area contributed by atoms with E-state index in [1.165, 1.54) is 40.7 Å². The second kappa shape index (κ2) is 9.28. The summed E-state index contributed by atoms with van der Waals surface area (Å²) in [6, 6.07) is 11.5. The van der Waals surface area contributed by atoms with Crippen molar-refractivity contribution in [3.05, 3.63) is 54.1 Å². The van der Waals surface area contributed by atoms with Crippen molar-refractivity contribution in [1.29, 1.82) is 0 Å². The van der Waals surface area contributed by atoms with Crippen molar-refractivity contribution < 1.29 is 26.0 Å². The van der Waals surface area contributed by atoms with E-state index in [0.29, 0.717) is 19.0 Å². The van der Waals surface area contributed by atoms with Crippen LogP contribution in [0.3, 0.4) is 0 Å². The highest BCUT2D eigenvalue weighted by molar-refractivity contribution is 7.90. The monoisotopic (exact) mass is 504 g/mol. The molecule has 1 N–H and O–H groups in total. The second-order valence-electron chi connectivity index (χ2n) is 8.27. The number of hydrogen-bond acceptors (Lipinski definition) is 8. The third-order valence-electron chi connectivity index (χ3n) is 5.54. The van der Waals surface area contributed by atoms with Crippen molar-refractivity contribution in [2.75, 3.05) is 24.7 Å². The number of benzene rings is 2. The van der Waals surface area contributed by atoms with E-state index in [-0.39, 0.29) is 32.8 Å². The Hall–Kier alpha value is -3.09. The predicted molar refractivity (Wildman–Crippen MR) is 124 cm³/mol. The van der Waals surface area contributed by atoms with E-state index >= 15 is 0 Å². The molecule has 0 bridgehead atoms. The number of nitrogens with zero attached hydrogens (tertiary/aromatic N) is 3. The molecule has 0 radical (unpaired) electrons. The van der Waals surface area contributed by atoms with Gasteiger partial charge in [0.15, 0.2) is 9.84 Å². The molecule has 1 amide bonds. The van der Waals surface area contributed by atoms with Crippen LogP contribution in [0.15, 0.2) is 62.7 Å². The minimum atomic E-state index is -3.63. The van der Waals surface area contributed by atoms with E-state index in [4.69, 9.17) is 4.42 Å². The first-order valence-corrected chi connectivity index (χ1v) is 13.9. The Morgan fingerprint density at radius 2 is 1.76 bits per heavy atom. The van der Waals surface area contributed by atoms with Crippen molar-refractivity contribution in [1.82, 2.24) is 14.5 Å². The van der Waals surface area contributed by atoms with Gasteiger partial charge in [0.2, 0.25) is 10.0 Å². The normalized spacial score (nSPS) is 17.4. The molecule has 1 aliphatic heterocycles. The van der Waals surface area contributed by atoms with Crippen LogP contribution in [0.2, 0.25) is 0 Å². The first-order valence-electron chi connectivity index (χ1n) is 10.6. The molecule has 12 heteroatoms.